The molecule has 62 valence electrons. The Kier molecular flexibility index (Phi) is 9.19. The minimum Gasteiger partial charge on any atom is -0.261 e. The highest BCUT2D eigenvalue weighted by Crippen LogP contribution is 2.00. The molecule has 0 aromatic heterocycles. The van der Waals surface area contributed by atoms with E-state index in [1.165, 1.54) is 5.71 Å². The van der Waals surface area contributed by atoms with Crippen LogP contribution in [0.2, 0.25) is 0 Å². The van der Waals surface area contributed by atoms with Crippen LogP contribution in [0.15, 0.2) is 29.4 Å². The monoisotopic (exact) mass is 375 g/mol. The fourth-order valence-electron chi connectivity index (χ4n) is 0.740. The van der Waals surface area contributed by atoms with E-state index in [1.807, 2.05) is 6.20 Å². The first-order valence-corrected chi connectivity index (χ1v) is 9.74. The Labute approximate surface area is 91.4 Å². The van der Waals surface area contributed by atoms with E-state index in [4.69, 9.17) is 0 Å². The lowest BCUT2D eigenvalue weighted by molar-refractivity contribution is 1.22. The van der Waals surface area contributed by atoms with Gasteiger partial charge in [-0.3, -0.25) is 4.99 Å². The summed E-state index contributed by atoms with van der Waals surface area (Å²) in [7, 11) is 0. The van der Waals surface area contributed by atoms with Gasteiger partial charge in [-0.15, -0.1) is 0 Å². The zero-order chi connectivity index (χ0) is 8.53. The molecule has 0 aromatic carbocycles. The molecule has 0 aromatic rings. The van der Waals surface area contributed by atoms with Crippen LogP contribution in [0.4, 0.5) is 0 Å². The zero-order valence-corrected chi connectivity index (χ0v) is 10.7. The quantitative estimate of drug-likeness (QED) is 0.646. The molecular formula is C8H11I2N. The third kappa shape index (κ3) is 5.84. The van der Waals surface area contributed by atoms with Gasteiger partial charge < -0.3 is 0 Å². The molecule has 1 rings (SSSR count). The Morgan fingerprint density at radius 3 is 2.82 bits per heavy atom. The molecule has 1 nitrogen and oxygen atoms in total. The lowest BCUT2D eigenvalue weighted by Crippen LogP contribution is -1.83. The van der Waals surface area contributed by atoms with Crippen molar-refractivity contribution in [2.75, 3.05) is 0 Å². The van der Waals surface area contributed by atoms with Gasteiger partial charge in [0.2, 0.25) is 0 Å². The number of halogens is 2. The van der Waals surface area contributed by atoms with Gasteiger partial charge in [-0.1, -0.05) is 19.1 Å². The Morgan fingerprint density at radius 2 is 2.36 bits per heavy atom. The van der Waals surface area contributed by atoms with Crippen LogP contribution in [-0.2, 0) is 0 Å². The summed E-state index contributed by atoms with van der Waals surface area (Å²) in [6, 6.07) is 0. The standard InChI is InChI=1S/C8H11N.I2/c1-2-3-5-8-6-4-7-9-8;1-2/h3-5,7H,2,6H2,1H3;/b5-3-;. The molecule has 3 heteroatoms. The molecule has 0 unspecified atom stereocenters. The van der Waals surface area contributed by atoms with Crippen LogP contribution in [0, 0.1) is 0 Å². The van der Waals surface area contributed by atoms with Crippen molar-refractivity contribution in [3.8, 4) is 0 Å². The fourth-order valence-corrected chi connectivity index (χ4v) is 0.740. The molecule has 0 N–H and O–H groups in total. The van der Waals surface area contributed by atoms with Crippen molar-refractivity contribution in [3.05, 3.63) is 24.4 Å². The first kappa shape index (κ1) is 11.6. The lowest BCUT2D eigenvalue weighted by atomic mass is 10.2. The maximum Gasteiger partial charge on any atom is 0.0438 e. The number of nitrogens with zero attached hydrogens (tertiary/aromatic N) is 1. The number of rotatable bonds is 2. The summed E-state index contributed by atoms with van der Waals surface area (Å²) in [5.41, 5.74) is 1.18. The van der Waals surface area contributed by atoms with E-state index < -0.39 is 0 Å². The van der Waals surface area contributed by atoms with E-state index in [-0.39, 0.29) is 0 Å². The molecule has 0 saturated carbocycles. The van der Waals surface area contributed by atoms with Crippen LogP contribution in [0.25, 0.3) is 0 Å². The van der Waals surface area contributed by atoms with Crippen molar-refractivity contribution in [2.24, 2.45) is 4.99 Å². The van der Waals surface area contributed by atoms with Crippen LogP contribution in [0.3, 0.4) is 0 Å². The zero-order valence-electron chi connectivity index (χ0n) is 6.43. The highest BCUT2D eigenvalue weighted by molar-refractivity contribution is 15.0. The van der Waals surface area contributed by atoms with Crippen LogP contribution in [0.5, 0.6) is 0 Å². The second-order valence-corrected chi connectivity index (χ2v) is 2.02. The second-order valence-electron chi connectivity index (χ2n) is 2.02. The molecule has 0 atom stereocenters. The van der Waals surface area contributed by atoms with E-state index in [0.29, 0.717) is 0 Å². The maximum atomic E-state index is 4.12. The predicted octanol–water partition coefficient (Wildman–Crippen LogP) is 4.08. The summed E-state index contributed by atoms with van der Waals surface area (Å²) in [6.45, 7) is 2.12. The average Bonchev–Trinajstić information content (AvgIpc) is 2.57. The maximum absolute atomic E-state index is 4.12. The molecule has 0 bridgehead atoms. The number of aliphatic imine (C=N–C) groups is 1. The van der Waals surface area contributed by atoms with Gasteiger partial charge in [0.05, 0.1) is 0 Å². The number of allylic oxidation sites excluding steroid dienone is 3. The molecule has 1 heterocycles. The highest BCUT2D eigenvalue weighted by atomic mass is 128. The minimum absolute atomic E-state index is 1.01. The molecular weight excluding hydrogens is 364 g/mol. The summed E-state index contributed by atoms with van der Waals surface area (Å²) in [4.78, 5) is 4.12. The molecule has 0 radical (unpaired) electrons. The molecule has 1 aliphatic rings. The van der Waals surface area contributed by atoms with E-state index in [0.717, 1.165) is 12.8 Å². The smallest absolute Gasteiger partial charge is 0.0438 e. The molecule has 1 aliphatic heterocycles. The van der Waals surface area contributed by atoms with Crippen molar-refractivity contribution in [3.63, 3.8) is 0 Å². The lowest BCUT2D eigenvalue weighted by Gasteiger charge is -1.85. The van der Waals surface area contributed by atoms with Crippen molar-refractivity contribution in [2.45, 2.75) is 19.8 Å². The van der Waals surface area contributed by atoms with Gasteiger partial charge in [0.25, 0.3) is 0 Å². The molecule has 0 saturated heterocycles. The minimum atomic E-state index is 1.01. The van der Waals surface area contributed by atoms with E-state index in [9.17, 15) is 0 Å². The third-order valence-corrected chi connectivity index (χ3v) is 1.22. The summed E-state index contributed by atoms with van der Waals surface area (Å²) in [6.07, 6.45) is 10.2. The summed E-state index contributed by atoms with van der Waals surface area (Å²) in [5, 5.41) is 0. The topological polar surface area (TPSA) is 12.4 Å². The van der Waals surface area contributed by atoms with Crippen molar-refractivity contribution >= 4 is 42.9 Å². The molecule has 0 spiro atoms. The Balaban J connectivity index is 0.000000461. The first-order valence-electron chi connectivity index (χ1n) is 3.46. The van der Waals surface area contributed by atoms with Gasteiger partial charge in [0, 0.05) is 55.6 Å². The van der Waals surface area contributed by atoms with Gasteiger partial charge in [-0.2, -0.15) is 0 Å². The van der Waals surface area contributed by atoms with Crippen LogP contribution >= 0.6 is 37.2 Å². The van der Waals surface area contributed by atoms with E-state index in [1.54, 1.807) is 0 Å². The Morgan fingerprint density at radius 1 is 1.64 bits per heavy atom. The molecule has 0 fully saturated rings. The van der Waals surface area contributed by atoms with Gasteiger partial charge in [0.15, 0.2) is 0 Å². The Bertz CT molecular complexity index is 171. The van der Waals surface area contributed by atoms with Crippen molar-refractivity contribution in [1.82, 2.24) is 0 Å². The molecule has 0 aliphatic carbocycles. The summed E-state index contributed by atoms with van der Waals surface area (Å²) >= 11 is 4.24. The highest BCUT2D eigenvalue weighted by Gasteiger charge is 1.92. The van der Waals surface area contributed by atoms with Crippen LogP contribution < -0.4 is 0 Å². The van der Waals surface area contributed by atoms with Crippen molar-refractivity contribution in [1.29, 1.82) is 0 Å². The fraction of sp³-hybridized carbons (Fsp3) is 0.375. The van der Waals surface area contributed by atoms with E-state index in [2.05, 4.69) is 67.4 Å². The average molecular weight is 375 g/mol. The summed E-state index contributed by atoms with van der Waals surface area (Å²) < 4.78 is 0. The molecule has 0 amide bonds. The second kappa shape index (κ2) is 8.70. The third-order valence-electron chi connectivity index (χ3n) is 1.22. The predicted molar refractivity (Wildman–Crippen MR) is 68.7 cm³/mol. The van der Waals surface area contributed by atoms with E-state index >= 15 is 0 Å². The molecule has 11 heavy (non-hydrogen) atoms. The van der Waals surface area contributed by atoms with Gasteiger partial charge >= 0.3 is 0 Å². The van der Waals surface area contributed by atoms with Crippen LogP contribution in [0.1, 0.15) is 19.8 Å². The van der Waals surface area contributed by atoms with Gasteiger partial charge in [-0.05, 0) is 12.5 Å². The van der Waals surface area contributed by atoms with Gasteiger partial charge in [-0.25, -0.2) is 0 Å². The number of hydrogen-bond donors (Lipinski definition) is 0. The Hall–Kier alpha value is 0.610. The van der Waals surface area contributed by atoms with Crippen molar-refractivity contribution < 1.29 is 0 Å². The van der Waals surface area contributed by atoms with Crippen LogP contribution in [-0.4, -0.2) is 5.71 Å². The van der Waals surface area contributed by atoms with Gasteiger partial charge in [0.1, 0.15) is 0 Å². The number of hydrogen-bond acceptors (Lipinski definition) is 1. The SMILES string of the molecule is CC/C=C\C1=NC=CC1.II. The first-order chi connectivity index (χ1) is 5.43. The largest absolute Gasteiger partial charge is 0.261 e. The normalized spacial score (nSPS) is 14.6. The summed E-state index contributed by atoms with van der Waals surface area (Å²) in [5.74, 6) is 0.